The molecule has 0 aliphatic carbocycles. The molecule has 2 aromatic carbocycles. The van der Waals surface area contributed by atoms with E-state index < -0.39 is 11.6 Å². The van der Waals surface area contributed by atoms with Crippen molar-refractivity contribution in [2.24, 2.45) is 0 Å². The van der Waals surface area contributed by atoms with Crippen LogP contribution in [0.3, 0.4) is 0 Å². The first kappa shape index (κ1) is 29.1. The van der Waals surface area contributed by atoms with Gasteiger partial charge in [0, 0.05) is 55.6 Å². The van der Waals surface area contributed by atoms with E-state index in [0.29, 0.717) is 23.0 Å². The fourth-order valence-corrected chi connectivity index (χ4v) is 5.31. The Labute approximate surface area is 224 Å². The molecule has 2 saturated heterocycles. The van der Waals surface area contributed by atoms with E-state index in [1.807, 2.05) is 18.2 Å². The summed E-state index contributed by atoms with van der Waals surface area (Å²) in [6, 6.07) is 9.76. The largest absolute Gasteiger partial charge is 0.352 e. The number of carbonyl (C=O) groups is 2. The molecule has 4 rings (SSSR count). The van der Waals surface area contributed by atoms with Crippen molar-refractivity contribution < 1.29 is 18.4 Å². The summed E-state index contributed by atoms with van der Waals surface area (Å²) in [5.74, 6) is -0.351. The van der Waals surface area contributed by atoms with Crippen molar-refractivity contribution >= 4 is 23.9 Å². The van der Waals surface area contributed by atoms with E-state index in [2.05, 4.69) is 31.0 Å². The van der Waals surface area contributed by atoms with Crippen molar-refractivity contribution in [3.63, 3.8) is 0 Å². The second-order valence-electron chi connectivity index (χ2n) is 10.9. The molecule has 0 saturated carbocycles. The van der Waals surface area contributed by atoms with E-state index in [4.69, 9.17) is 11.6 Å². The van der Waals surface area contributed by atoms with Crippen LogP contribution < -0.4 is 5.32 Å². The summed E-state index contributed by atoms with van der Waals surface area (Å²) in [5.41, 5.74) is 3.06. The first-order valence-corrected chi connectivity index (χ1v) is 13.3. The summed E-state index contributed by atoms with van der Waals surface area (Å²) in [6.07, 6.45) is 3.76. The third kappa shape index (κ3) is 8.24. The van der Waals surface area contributed by atoms with Crippen molar-refractivity contribution in [2.75, 3.05) is 26.2 Å². The van der Waals surface area contributed by atoms with Crippen LogP contribution in [-0.4, -0.2) is 53.8 Å². The Kier molecular flexibility index (Phi) is 10.1. The summed E-state index contributed by atoms with van der Waals surface area (Å²) in [5, 5.41) is 3.50. The highest BCUT2D eigenvalue weighted by atomic mass is 35.5. The Hall–Kier alpha value is -2.51. The van der Waals surface area contributed by atoms with Crippen molar-refractivity contribution in [3.8, 4) is 0 Å². The third-order valence-electron chi connectivity index (χ3n) is 7.29. The van der Waals surface area contributed by atoms with E-state index in [-0.39, 0.29) is 17.4 Å². The van der Waals surface area contributed by atoms with Crippen LogP contribution in [0, 0.1) is 11.6 Å². The van der Waals surface area contributed by atoms with Gasteiger partial charge in [-0.1, -0.05) is 23.7 Å². The first-order valence-electron chi connectivity index (χ1n) is 12.9. The fourth-order valence-electron chi connectivity index (χ4n) is 5.12. The summed E-state index contributed by atoms with van der Waals surface area (Å²) in [7, 11) is 0. The van der Waals surface area contributed by atoms with Crippen LogP contribution >= 0.6 is 11.6 Å². The molecule has 8 heteroatoms. The molecule has 1 atom stereocenters. The minimum Gasteiger partial charge on any atom is -0.352 e. The number of hydrogen-bond acceptors (Lipinski definition) is 3. The molecule has 202 valence electrons. The minimum atomic E-state index is -0.503. The Morgan fingerprint density at radius 1 is 1.03 bits per heavy atom. The molecular formula is C29H38ClF2N3O2. The topological polar surface area (TPSA) is 52.7 Å². The van der Waals surface area contributed by atoms with Crippen LogP contribution in [0.15, 0.2) is 36.4 Å². The number of piperidine rings is 1. The molecule has 0 aromatic heterocycles. The normalized spacial score (nSPS) is 18.8. The van der Waals surface area contributed by atoms with Crippen molar-refractivity contribution in [3.05, 3.63) is 69.7 Å². The number of likely N-dealkylation sites (tertiary alicyclic amines) is 2. The Morgan fingerprint density at radius 3 is 2.24 bits per heavy atom. The lowest BCUT2D eigenvalue weighted by Gasteiger charge is -2.31. The molecule has 5 nitrogen and oxygen atoms in total. The van der Waals surface area contributed by atoms with Crippen LogP contribution in [-0.2, 0) is 16.1 Å². The number of nitrogens with one attached hydrogen (secondary N) is 1. The number of rotatable bonds is 5. The van der Waals surface area contributed by atoms with Gasteiger partial charge in [-0.25, -0.2) is 8.78 Å². The Morgan fingerprint density at radius 2 is 1.68 bits per heavy atom. The number of benzene rings is 2. The summed E-state index contributed by atoms with van der Waals surface area (Å²) in [6.45, 7) is 11.9. The zero-order chi connectivity index (χ0) is 27.2. The molecule has 2 aliphatic rings. The van der Waals surface area contributed by atoms with Gasteiger partial charge in [0.1, 0.15) is 11.6 Å². The van der Waals surface area contributed by atoms with Gasteiger partial charge < -0.3 is 10.2 Å². The number of hydrogen-bond donors (Lipinski definition) is 1. The average Bonchev–Trinajstić information content (AvgIpc) is 3.34. The molecule has 2 amide bonds. The standard InChI is InChI=1S/C15H19ClN2O2.C14H19F2N/c1-11(20)17-9-13-8-14(16)2-3-15(13)12-4-6-18(10-19)7-5-12;1-14(2,3)17-7-6-10(9-17)12-5-4-11(15)8-13(12)16/h2-3,8,10,12H,4-7,9H2,1H3,(H,17,20);4-5,8,10H,6-7,9H2,1-3H3. The highest BCUT2D eigenvalue weighted by Crippen LogP contribution is 2.33. The Bertz CT molecular complexity index is 1080. The van der Waals surface area contributed by atoms with Gasteiger partial charge in [0.15, 0.2) is 0 Å². The second kappa shape index (κ2) is 12.8. The van der Waals surface area contributed by atoms with Gasteiger partial charge in [-0.3, -0.25) is 14.5 Å². The van der Waals surface area contributed by atoms with Crippen molar-refractivity contribution in [2.45, 2.75) is 70.9 Å². The number of carbonyl (C=O) groups excluding carboxylic acids is 2. The maximum absolute atomic E-state index is 13.7. The molecule has 0 bridgehead atoms. The summed E-state index contributed by atoms with van der Waals surface area (Å²) < 4.78 is 26.5. The predicted molar refractivity (Wildman–Crippen MR) is 144 cm³/mol. The van der Waals surface area contributed by atoms with Crippen LogP contribution in [0.2, 0.25) is 5.02 Å². The van der Waals surface area contributed by atoms with Crippen LogP contribution in [0.1, 0.15) is 75.5 Å². The zero-order valence-electron chi connectivity index (χ0n) is 22.2. The lowest BCUT2D eigenvalue weighted by atomic mass is 9.86. The van der Waals surface area contributed by atoms with E-state index in [1.165, 1.54) is 18.6 Å². The average molecular weight is 534 g/mol. The molecule has 2 aromatic rings. The Balaban J connectivity index is 0.000000208. The maximum atomic E-state index is 13.7. The lowest BCUT2D eigenvalue weighted by Crippen LogP contribution is -2.39. The van der Waals surface area contributed by atoms with E-state index in [0.717, 1.165) is 63.5 Å². The predicted octanol–water partition coefficient (Wildman–Crippen LogP) is 5.86. The van der Waals surface area contributed by atoms with E-state index in [9.17, 15) is 18.4 Å². The lowest BCUT2D eigenvalue weighted by molar-refractivity contribution is -0.120. The van der Waals surface area contributed by atoms with Crippen LogP contribution in [0.25, 0.3) is 0 Å². The number of nitrogens with zero attached hydrogens (tertiary/aromatic N) is 2. The fraction of sp³-hybridized carbons (Fsp3) is 0.517. The monoisotopic (exact) mass is 533 g/mol. The van der Waals surface area contributed by atoms with Gasteiger partial charge >= 0.3 is 0 Å². The summed E-state index contributed by atoms with van der Waals surface area (Å²) in [4.78, 5) is 26.0. The van der Waals surface area contributed by atoms with Crippen molar-refractivity contribution in [1.29, 1.82) is 0 Å². The quantitative estimate of drug-likeness (QED) is 0.489. The smallest absolute Gasteiger partial charge is 0.217 e. The molecule has 1 unspecified atom stereocenters. The summed E-state index contributed by atoms with van der Waals surface area (Å²) >= 11 is 6.05. The molecular weight excluding hydrogens is 496 g/mol. The highest BCUT2D eigenvalue weighted by molar-refractivity contribution is 6.30. The van der Waals surface area contributed by atoms with Crippen LogP contribution in [0.4, 0.5) is 8.78 Å². The van der Waals surface area contributed by atoms with Gasteiger partial charge in [-0.2, -0.15) is 0 Å². The molecule has 2 aliphatic heterocycles. The van der Waals surface area contributed by atoms with Gasteiger partial charge in [0.25, 0.3) is 0 Å². The highest BCUT2D eigenvalue weighted by Gasteiger charge is 2.32. The van der Waals surface area contributed by atoms with Gasteiger partial charge in [-0.05, 0) is 87.4 Å². The van der Waals surface area contributed by atoms with Gasteiger partial charge in [0.05, 0.1) is 0 Å². The number of halogens is 3. The van der Waals surface area contributed by atoms with E-state index >= 15 is 0 Å². The van der Waals surface area contributed by atoms with Gasteiger partial charge in [0.2, 0.25) is 12.3 Å². The molecule has 2 heterocycles. The SMILES string of the molecule is CC(=O)NCc1cc(Cl)ccc1C1CCN(C=O)CC1.CC(C)(C)N1CCC(c2ccc(F)cc2F)C1. The molecule has 0 spiro atoms. The second-order valence-corrected chi connectivity index (χ2v) is 11.4. The molecule has 2 fully saturated rings. The van der Waals surface area contributed by atoms with E-state index in [1.54, 1.807) is 11.0 Å². The first-order chi connectivity index (χ1) is 17.5. The number of amides is 2. The zero-order valence-corrected chi connectivity index (χ0v) is 23.0. The van der Waals surface area contributed by atoms with Crippen molar-refractivity contribution in [1.82, 2.24) is 15.1 Å². The van der Waals surface area contributed by atoms with Crippen LogP contribution in [0.5, 0.6) is 0 Å². The molecule has 0 radical (unpaired) electrons. The maximum Gasteiger partial charge on any atom is 0.217 e. The minimum absolute atomic E-state index is 0.0494. The van der Waals surface area contributed by atoms with Gasteiger partial charge in [-0.15, -0.1) is 0 Å². The molecule has 37 heavy (non-hydrogen) atoms. The third-order valence-corrected chi connectivity index (χ3v) is 7.53. The molecule has 1 N–H and O–H groups in total.